The molecule has 3 aromatic carbocycles. The first kappa shape index (κ1) is 18.6. The number of hydrogen-bond donors (Lipinski definition) is 0. The van der Waals surface area contributed by atoms with Crippen LogP contribution in [0.2, 0.25) is 0 Å². The molecule has 0 aliphatic rings. The van der Waals surface area contributed by atoms with Gasteiger partial charge in [0.15, 0.2) is 5.78 Å². The third-order valence-corrected chi connectivity index (χ3v) is 5.47. The molecule has 2 heterocycles. The zero-order chi connectivity index (χ0) is 21.2. The number of rotatable bonds is 4. The first-order chi connectivity index (χ1) is 15.3. The quantitative estimate of drug-likeness (QED) is 0.330. The highest BCUT2D eigenvalue weighted by Gasteiger charge is 2.22. The van der Waals surface area contributed by atoms with E-state index >= 15 is 0 Å². The van der Waals surface area contributed by atoms with Crippen LogP contribution in [0, 0.1) is 11.3 Å². The fraction of sp³-hybridized carbons (Fsp3) is 0. The summed E-state index contributed by atoms with van der Waals surface area (Å²) in [6.07, 6.45) is 1.88. The number of hydrogen-bond acceptors (Lipinski definition) is 2. The number of benzene rings is 3. The van der Waals surface area contributed by atoms with E-state index in [9.17, 15) is 10.1 Å². The summed E-state index contributed by atoms with van der Waals surface area (Å²) in [6.45, 7) is 0. The maximum absolute atomic E-state index is 13.5. The number of aromatic nitrogens is 1. The van der Waals surface area contributed by atoms with Gasteiger partial charge >= 0.3 is 0 Å². The zero-order valence-corrected chi connectivity index (χ0v) is 16.7. The molecule has 0 saturated carbocycles. The predicted octanol–water partition coefficient (Wildman–Crippen LogP) is 6.38. The van der Waals surface area contributed by atoms with Crippen LogP contribution in [0.3, 0.4) is 0 Å². The summed E-state index contributed by atoms with van der Waals surface area (Å²) in [5.74, 6) is -0.153. The number of nitriles is 1. The maximum Gasteiger partial charge on any atom is 0.196 e. The molecule has 5 rings (SSSR count). The van der Waals surface area contributed by atoms with Crippen LogP contribution >= 0.6 is 0 Å². The molecule has 0 spiro atoms. The lowest BCUT2D eigenvalue weighted by Gasteiger charge is -2.10. The average molecular weight is 398 g/mol. The number of ketones is 1. The Labute approximate surface area is 180 Å². The van der Waals surface area contributed by atoms with Crippen molar-refractivity contribution in [3.8, 4) is 28.5 Å². The van der Waals surface area contributed by atoms with Crippen molar-refractivity contribution in [2.75, 3.05) is 0 Å². The second-order valence-corrected chi connectivity index (χ2v) is 7.31. The molecule has 3 nitrogen and oxygen atoms in total. The zero-order valence-electron chi connectivity index (χ0n) is 16.7. The average Bonchev–Trinajstić information content (AvgIpc) is 3.24. The van der Waals surface area contributed by atoms with Crippen LogP contribution < -0.4 is 0 Å². The standard InChI is InChI=1S/C28H18N2O/c29-19-23-16-17-30-25(26(23)28(31)22-14-8-3-9-15-22)18-24(20-10-4-1-5-11-20)27(30)21-12-6-2-7-13-21/h1-18H. The lowest BCUT2D eigenvalue weighted by atomic mass is 9.98. The van der Waals surface area contributed by atoms with E-state index in [1.807, 2.05) is 71.3 Å². The van der Waals surface area contributed by atoms with Gasteiger partial charge in [-0.3, -0.25) is 4.79 Å². The summed E-state index contributed by atoms with van der Waals surface area (Å²) >= 11 is 0. The second-order valence-electron chi connectivity index (χ2n) is 7.31. The van der Waals surface area contributed by atoms with E-state index < -0.39 is 0 Å². The Morgan fingerprint density at radius 2 is 1.32 bits per heavy atom. The third kappa shape index (κ3) is 3.21. The molecule has 0 bridgehead atoms. The van der Waals surface area contributed by atoms with Crippen LogP contribution in [-0.4, -0.2) is 10.2 Å². The number of carbonyl (C=O) groups excluding carboxylic acids is 1. The summed E-state index contributed by atoms with van der Waals surface area (Å²) in [4.78, 5) is 13.5. The number of carbonyl (C=O) groups is 1. The lowest BCUT2D eigenvalue weighted by molar-refractivity contribution is 0.103. The summed E-state index contributed by atoms with van der Waals surface area (Å²) in [6, 6.07) is 35.3. The van der Waals surface area contributed by atoms with Gasteiger partial charge < -0.3 is 4.40 Å². The molecule has 0 unspecified atom stereocenters. The normalized spacial score (nSPS) is 10.7. The number of nitrogens with zero attached hydrogens (tertiary/aromatic N) is 2. The van der Waals surface area contributed by atoms with Crippen molar-refractivity contribution >= 4 is 11.3 Å². The Balaban J connectivity index is 1.86. The van der Waals surface area contributed by atoms with Crippen molar-refractivity contribution < 1.29 is 4.79 Å². The van der Waals surface area contributed by atoms with Crippen molar-refractivity contribution in [1.82, 2.24) is 4.40 Å². The third-order valence-electron chi connectivity index (χ3n) is 5.47. The van der Waals surface area contributed by atoms with Gasteiger partial charge in [-0.25, -0.2) is 0 Å². The SMILES string of the molecule is N#Cc1ccn2c(-c3ccccc3)c(-c3ccccc3)cc2c1C(=O)c1ccccc1. The van der Waals surface area contributed by atoms with Gasteiger partial charge in [-0.05, 0) is 23.3 Å². The second kappa shape index (κ2) is 7.78. The van der Waals surface area contributed by atoms with Gasteiger partial charge in [0.1, 0.15) is 6.07 Å². The summed E-state index contributed by atoms with van der Waals surface area (Å²) < 4.78 is 2.02. The smallest absolute Gasteiger partial charge is 0.196 e. The van der Waals surface area contributed by atoms with Crippen molar-refractivity contribution in [1.29, 1.82) is 5.26 Å². The van der Waals surface area contributed by atoms with Crippen molar-refractivity contribution in [2.24, 2.45) is 0 Å². The minimum absolute atomic E-state index is 0.153. The maximum atomic E-state index is 13.5. The molecule has 0 radical (unpaired) electrons. The molecule has 31 heavy (non-hydrogen) atoms. The van der Waals surface area contributed by atoms with Gasteiger partial charge in [0.2, 0.25) is 0 Å². The first-order valence-corrected chi connectivity index (χ1v) is 10.1. The van der Waals surface area contributed by atoms with E-state index in [0.29, 0.717) is 16.7 Å². The van der Waals surface area contributed by atoms with Gasteiger partial charge in [0.25, 0.3) is 0 Å². The van der Waals surface area contributed by atoms with Gasteiger partial charge in [-0.1, -0.05) is 91.0 Å². The predicted molar refractivity (Wildman–Crippen MR) is 123 cm³/mol. The summed E-state index contributed by atoms with van der Waals surface area (Å²) in [7, 11) is 0. The van der Waals surface area contributed by atoms with Crippen LogP contribution in [0.15, 0.2) is 109 Å². The molecule has 5 aromatic rings. The Bertz CT molecular complexity index is 1430. The molecule has 0 saturated heterocycles. The van der Waals surface area contributed by atoms with E-state index in [0.717, 1.165) is 27.9 Å². The van der Waals surface area contributed by atoms with E-state index in [2.05, 4.69) is 30.3 Å². The fourth-order valence-corrected chi connectivity index (χ4v) is 4.04. The van der Waals surface area contributed by atoms with E-state index in [-0.39, 0.29) is 5.78 Å². The highest BCUT2D eigenvalue weighted by Crippen LogP contribution is 2.37. The molecular formula is C28H18N2O. The molecular weight excluding hydrogens is 380 g/mol. The van der Waals surface area contributed by atoms with Crippen molar-refractivity contribution in [3.63, 3.8) is 0 Å². The lowest BCUT2D eigenvalue weighted by Crippen LogP contribution is -2.07. The molecule has 0 amide bonds. The molecule has 0 aliphatic carbocycles. The topological polar surface area (TPSA) is 45.3 Å². The molecule has 146 valence electrons. The number of pyridine rings is 1. The monoisotopic (exact) mass is 398 g/mol. The Kier molecular flexibility index (Phi) is 4.67. The van der Waals surface area contributed by atoms with Crippen LogP contribution in [0.4, 0.5) is 0 Å². The number of fused-ring (bicyclic) bond motifs is 1. The largest absolute Gasteiger partial charge is 0.315 e. The van der Waals surface area contributed by atoms with Crippen molar-refractivity contribution in [3.05, 3.63) is 126 Å². The highest BCUT2D eigenvalue weighted by molar-refractivity contribution is 6.15. The van der Waals surface area contributed by atoms with E-state index in [4.69, 9.17) is 0 Å². The van der Waals surface area contributed by atoms with E-state index in [1.165, 1.54) is 0 Å². The van der Waals surface area contributed by atoms with Crippen LogP contribution in [-0.2, 0) is 0 Å². The van der Waals surface area contributed by atoms with Crippen LogP contribution in [0.25, 0.3) is 27.9 Å². The molecule has 3 heteroatoms. The van der Waals surface area contributed by atoms with Crippen molar-refractivity contribution in [2.45, 2.75) is 0 Å². The summed E-state index contributed by atoms with van der Waals surface area (Å²) in [5, 5.41) is 9.77. The Morgan fingerprint density at radius 1 is 0.742 bits per heavy atom. The minimum Gasteiger partial charge on any atom is -0.315 e. The van der Waals surface area contributed by atoms with Crippen LogP contribution in [0.5, 0.6) is 0 Å². The Hall–Kier alpha value is -4.42. The fourth-order valence-electron chi connectivity index (χ4n) is 4.04. The highest BCUT2D eigenvalue weighted by atomic mass is 16.1. The minimum atomic E-state index is -0.153. The molecule has 0 N–H and O–H groups in total. The van der Waals surface area contributed by atoms with Gasteiger partial charge in [-0.15, -0.1) is 0 Å². The Morgan fingerprint density at radius 3 is 1.94 bits per heavy atom. The van der Waals surface area contributed by atoms with Gasteiger partial charge in [0.05, 0.1) is 22.3 Å². The van der Waals surface area contributed by atoms with E-state index in [1.54, 1.807) is 18.2 Å². The van der Waals surface area contributed by atoms with Gasteiger partial charge in [0, 0.05) is 17.3 Å². The first-order valence-electron chi connectivity index (χ1n) is 10.1. The molecule has 2 aromatic heterocycles. The summed E-state index contributed by atoms with van der Waals surface area (Å²) in [5.41, 5.74) is 6.21. The van der Waals surface area contributed by atoms with Gasteiger partial charge in [-0.2, -0.15) is 5.26 Å². The molecule has 0 aliphatic heterocycles. The molecule has 0 fully saturated rings. The van der Waals surface area contributed by atoms with Crippen LogP contribution in [0.1, 0.15) is 21.5 Å². The molecule has 0 atom stereocenters.